The maximum absolute atomic E-state index is 12.6. The van der Waals surface area contributed by atoms with Gasteiger partial charge in [-0.2, -0.15) is 0 Å². The average Bonchev–Trinajstić information content (AvgIpc) is 2.62. The Morgan fingerprint density at radius 1 is 1.61 bits per heavy atom. The second-order valence-corrected chi connectivity index (χ2v) is 6.74. The fraction of sp³-hybridized carbons (Fsp3) is 0.615. The van der Waals surface area contributed by atoms with Gasteiger partial charge in [0, 0.05) is 17.9 Å². The molecule has 1 saturated carbocycles. The third-order valence-electron chi connectivity index (χ3n) is 3.40. The molecule has 18 heavy (non-hydrogen) atoms. The molecule has 5 heteroatoms. The first-order valence-electron chi connectivity index (χ1n) is 6.25. The lowest BCUT2D eigenvalue weighted by atomic mass is 9.91. The molecule has 0 unspecified atom stereocenters. The van der Waals surface area contributed by atoms with E-state index in [1.54, 1.807) is 0 Å². The number of hydrogen-bond acceptors (Lipinski definition) is 2. The molecule has 0 radical (unpaired) electrons. The smallest absolute Gasteiger partial charge is 0.265 e. The highest BCUT2D eigenvalue weighted by atomic mass is 79.9. The van der Waals surface area contributed by atoms with E-state index in [0.29, 0.717) is 15.9 Å². The standard InChI is InChI=1S/C13H17BrClNOS/c1-9-8-18-12(11(9)15)13(17)16(7-3-6-14)10-4-2-5-10/h8,10H,2-7H2,1H3. The summed E-state index contributed by atoms with van der Waals surface area (Å²) in [6.45, 7) is 2.77. The molecule has 2 nitrogen and oxygen atoms in total. The molecule has 0 atom stereocenters. The van der Waals surface area contributed by atoms with Crippen LogP contribution in [0.4, 0.5) is 0 Å². The van der Waals surface area contributed by atoms with Crippen LogP contribution in [0, 0.1) is 6.92 Å². The number of nitrogens with zero attached hydrogens (tertiary/aromatic N) is 1. The van der Waals surface area contributed by atoms with Crippen molar-refractivity contribution in [3.8, 4) is 0 Å². The summed E-state index contributed by atoms with van der Waals surface area (Å²) >= 11 is 11.1. The number of carbonyl (C=O) groups excluding carboxylic acids is 1. The monoisotopic (exact) mass is 349 g/mol. The minimum absolute atomic E-state index is 0.115. The van der Waals surface area contributed by atoms with Crippen LogP contribution in [-0.4, -0.2) is 28.7 Å². The van der Waals surface area contributed by atoms with E-state index in [0.717, 1.165) is 36.7 Å². The van der Waals surface area contributed by atoms with E-state index in [1.165, 1.54) is 17.8 Å². The molecule has 0 bridgehead atoms. The quantitative estimate of drug-likeness (QED) is 0.716. The summed E-state index contributed by atoms with van der Waals surface area (Å²) in [5.41, 5.74) is 0.999. The molecule has 1 fully saturated rings. The molecule has 1 aliphatic rings. The summed E-state index contributed by atoms with van der Waals surface area (Å²) in [5.74, 6) is 0.115. The average molecular weight is 351 g/mol. The molecule has 0 N–H and O–H groups in total. The highest BCUT2D eigenvalue weighted by Crippen LogP contribution is 2.32. The van der Waals surface area contributed by atoms with E-state index in [9.17, 15) is 4.79 Å². The number of halogens is 2. The summed E-state index contributed by atoms with van der Waals surface area (Å²) in [7, 11) is 0. The zero-order chi connectivity index (χ0) is 13.1. The number of amides is 1. The summed E-state index contributed by atoms with van der Waals surface area (Å²) < 4.78 is 0. The highest BCUT2D eigenvalue weighted by Gasteiger charge is 2.30. The number of hydrogen-bond donors (Lipinski definition) is 0. The Balaban J connectivity index is 2.14. The zero-order valence-electron chi connectivity index (χ0n) is 10.4. The third-order valence-corrected chi connectivity index (χ3v) is 5.65. The fourth-order valence-corrected chi connectivity index (χ4v) is 3.56. The van der Waals surface area contributed by atoms with Gasteiger partial charge in [-0.25, -0.2) is 0 Å². The van der Waals surface area contributed by atoms with Crippen molar-refractivity contribution in [1.29, 1.82) is 0 Å². The normalized spacial score (nSPS) is 15.5. The largest absolute Gasteiger partial charge is 0.335 e. The van der Waals surface area contributed by atoms with Crippen molar-refractivity contribution in [1.82, 2.24) is 4.90 Å². The van der Waals surface area contributed by atoms with Gasteiger partial charge < -0.3 is 4.90 Å². The molecule has 0 spiro atoms. The lowest BCUT2D eigenvalue weighted by molar-refractivity contribution is 0.0586. The van der Waals surface area contributed by atoms with E-state index in [2.05, 4.69) is 15.9 Å². The first kappa shape index (κ1) is 14.4. The Morgan fingerprint density at radius 2 is 2.33 bits per heavy atom. The SMILES string of the molecule is Cc1csc(C(=O)N(CCCBr)C2CCC2)c1Cl. The third kappa shape index (κ3) is 2.91. The van der Waals surface area contributed by atoms with Crippen LogP contribution in [0.3, 0.4) is 0 Å². The summed E-state index contributed by atoms with van der Waals surface area (Å²) in [5, 5.41) is 3.52. The van der Waals surface area contributed by atoms with Gasteiger partial charge in [0.15, 0.2) is 0 Å². The van der Waals surface area contributed by atoms with Crippen LogP contribution in [-0.2, 0) is 0 Å². The molecule has 1 heterocycles. The summed E-state index contributed by atoms with van der Waals surface area (Å²) in [4.78, 5) is 15.3. The number of alkyl halides is 1. The van der Waals surface area contributed by atoms with Gasteiger partial charge in [0.1, 0.15) is 4.88 Å². The second-order valence-electron chi connectivity index (χ2n) is 4.69. The molecule has 1 aromatic heterocycles. The highest BCUT2D eigenvalue weighted by molar-refractivity contribution is 9.09. The van der Waals surface area contributed by atoms with Crippen LogP contribution in [0.2, 0.25) is 5.02 Å². The van der Waals surface area contributed by atoms with Crippen molar-refractivity contribution in [2.45, 2.75) is 38.6 Å². The summed E-state index contributed by atoms with van der Waals surface area (Å²) in [6, 6.07) is 0.426. The lowest BCUT2D eigenvalue weighted by Gasteiger charge is -2.37. The number of thiophene rings is 1. The zero-order valence-corrected chi connectivity index (χ0v) is 13.6. The molecular weight excluding hydrogens is 334 g/mol. The van der Waals surface area contributed by atoms with Gasteiger partial charge in [-0.3, -0.25) is 4.79 Å². The van der Waals surface area contributed by atoms with Crippen LogP contribution in [0.5, 0.6) is 0 Å². The Bertz CT molecular complexity index is 431. The van der Waals surface area contributed by atoms with Crippen molar-refractivity contribution in [2.24, 2.45) is 0 Å². The molecule has 0 aliphatic heterocycles. The number of carbonyl (C=O) groups is 1. The Kier molecular flexibility index (Phi) is 5.10. The molecule has 2 rings (SSSR count). The molecule has 1 amide bonds. The van der Waals surface area contributed by atoms with Crippen molar-refractivity contribution < 1.29 is 4.79 Å². The Labute approximate surface area is 125 Å². The van der Waals surface area contributed by atoms with Crippen LogP contribution in [0.25, 0.3) is 0 Å². The van der Waals surface area contributed by atoms with Crippen molar-refractivity contribution in [3.05, 3.63) is 20.8 Å². The topological polar surface area (TPSA) is 20.3 Å². The molecule has 100 valence electrons. The molecule has 0 saturated heterocycles. The molecule has 1 aromatic rings. The van der Waals surface area contributed by atoms with Gasteiger partial charge in [0.25, 0.3) is 5.91 Å². The van der Waals surface area contributed by atoms with Crippen LogP contribution < -0.4 is 0 Å². The van der Waals surface area contributed by atoms with Gasteiger partial charge in [-0.15, -0.1) is 11.3 Å². The second kappa shape index (κ2) is 6.40. The first-order valence-corrected chi connectivity index (χ1v) is 8.63. The maximum atomic E-state index is 12.6. The maximum Gasteiger partial charge on any atom is 0.265 e. The van der Waals surface area contributed by atoms with Gasteiger partial charge >= 0.3 is 0 Å². The lowest BCUT2D eigenvalue weighted by Crippen LogP contribution is -2.44. The van der Waals surface area contributed by atoms with E-state index < -0.39 is 0 Å². The van der Waals surface area contributed by atoms with Crippen molar-refractivity contribution >= 4 is 44.8 Å². The van der Waals surface area contributed by atoms with E-state index in [-0.39, 0.29) is 5.91 Å². The van der Waals surface area contributed by atoms with E-state index in [1.807, 2.05) is 17.2 Å². The minimum Gasteiger partial charge on any atom is -0.335 e. The minimum atomic E-state index is 0.115. The van der Waals surface area contributed by atoms with Gasteiger partial charge in [0.2, 0.25) is 0 Å². The van der Waals surface area contributed by atoms with Crippen molar-refractivity contribution in [3.63, 3.8) is 0 Å². The van der Waals surface area contributed by atoms with Crippen LogP contribution >= 0.6 is 38.9 Å². The van der Waals surface area contributed by atoms with E-state index >= 15 is 0 Å². The van der Waals surface area contributed by atoms with Gasteiger partial charge in [-0.1, -0.05) is 27.5 Å². The fourth-order valence-electron chi connectivity index (χ4n) is 2.08. The van der Waals surface area contributed by atoms with E-state index in [4.69, 9.17) is 11.6 Å². The molecule has 1 aliphatic carbocycles. The van der Waals surface area contributed by atoms with Crippen molar-refractivity contribution in [2.75, 3.05) is 11.9 Å². The van der Waals surface area contributed by atoms with Gasteiger partial charge in [-0.05, 0) is 43.6 Å². The Hall–Kier alpha value is -0.0600. The predicted octanol–water partition coefficient (Wildman–Crippen LogP) is 4.49. The predicted molar refractivity (Wildman–Crippen MR) is 81.2 cm³/mol. The van der Waals surface area contributed by atoms with Crippen LogP contribution in [0.1, 0.15) is 40.9 Å². The first-order chi connectivity index (χ1) is 8.65. The summed E-state index contributed by atoms with van der Waals surface area (Å²) in [6.07, 6.45) is 4.50. The number of rotatable bonds is 5. The van der Waals surface area contributed by atoms with Gasteiger partial charge in [0.05, 0.1) is 5.02 Å². The molecule has 0 aromatic carbocycles. The number of aryl methyl sites for hydroxylation is 1. The molecular formula is C13H17BrClNOS. The van der Waals surface area contributed by atoms with Crippen LogP contribution in [0.15, 0.2) is 5.38 Å². The Morgan fingerprint density at radius 3 is 2.78 bits per heavy atom.